The van der Waals surface area contributed by atoms with E-state index in [0.29, 0.717) is 0 Å². The fourth-order valence-electron chi connectivity index (χ4n) is 1.39. The number of unbranched alkanes of at least 4 members (excludes halogenated alkanes) is 1. The molecular formula is C12H14N2S. The lowest BCUT2D eigenvalue weighted by Crippen LogP contribution is -1.85. The van der Waals surface area contributed by atoms with Gasteiger partial charge in [0.25, 0.3) is 0 Å². The van der Waals surface area contributed by atoms with Crippen LogP contribution in [0.15, 0.2) is 29.8 Å². The average molecular weight is 218 g/mol. The van der Waals surface area contributed by atoms with Gasteiger partial charge in [-0.25, -0.2) is 4.98 Å². The molecule has 0 N–H and O–H groups in total. The minimum Gasteiger partial charge on any atom is -0.255 e. The maximum absolute atomic E-state index is 4.57. The third kappa shape index (κ3) is 2.63. The minimum atomic E-state index is 0.969. The highest BCUT2D eigenvalue weighted by Gasteiger charge is 2.04. The van der Waals surface area contributed by atoms with Crippen LogP contribution in [0.1, 0.15) is 24.8 Å². The number of pyridine rings is 1. The van der Waals surface area contributed by atoms with E-state index in [9.17, 15) is 0 Å². The topological polar surface area (TPSA) is 25.8 Å². The van der Waals surface area contributed by atoms with Gasteiger partial charge in [0.1, 0.15) is 0 Å². The second-order valence-corrected chi connectivity index (χ2v) is 4.39. The number of rotatable bonds is 4. The van der Waals surface area contributed by atoms with Gasteiger partial charge in [0.2, 0.25) is 0 Å². The van der Waals surface area contributed by atoms with Gasteiger partial charge in [-0.2, -0.15) is 0 Å². The first kappa shape index (κ1) is 10.3. The second-order valence-electron chi connectivity index (χ2n) is 3.45. The van der Waals surface area contributed by atoms with Crippen molar-refractivity contribution in [2.24, 2.45) is 0 Å². The van der Waals surface area contributed by atoms with Crippen molar-refractivity contribution in [1.82, 2.24) is 9.97 Å². The number of nitrogens with zero attached hydrogens (tertiary/aromatic N) is 2. The Morgan fingerprint density at radius 1 is 1.27 bits per heavy atom. The molecule has 0 spiro atoms. The van der Waals surface area contributed by atoms with Crippen molar-refractivity contribution in [3.63, 3.8) is 0 Å². The largest absolute Gasteiger partial charge is 0.255 e. The lowest BCUT2D eigenvalue weighted by molar-refractivity contribution is 0.790. The van der Waals surface area contributed by atoms with Crippen LogP contribution in [0.2, 0.25) is 0 Å². The summed E-state index contributed by atoms with van der Waals surface area (Å²) >= 11 is 1.73. The molecule has 0 radical (unpaired) electrons. The molecule has 0 atom stereocenters. The molecule has 0 aliphatic carbocycles. The van der Waals surface area contributed by atoms with Crippen LogP contribution < -0.4 is 0 Å². The summed E-state index contributed by atoms with van der Waals surface area (Å²) in [5.41, 5.74) is 1.98. The number of hydrogen-bond acceptors (Lipinski definition) is 3. The summed E-state index contributed by atoms with van der Waals surface area (Å²) in [6, 6.07) is 5.92. The maximum Gasteiger partial charge on any atom is 0.0998 e. The van der Waals surface area contributed by atoms with Gasteiger partial charge in [0.15, 0.2) is 0 Å². The Labute approximate surface area is 94.0 Å². The van der Waals surface area contributed by atoms with E-state index >= 15 is 0 Å². The molecule has 3 heteroatoms. The summed E-state index contributed by atoms with van der Waals surface area (Å²) in [5.74, 6) is 0. The number of aryl methyl sites for hydroxylation is 1. The zero-order chi connectivity index (χ0) is 10.5. The van der Waals surface area contributed by atoms with Gasteiger partial charge in [0, 0.05) is 11.6 Å². The molecule has 0 aliphatic rings. The van der Waals surface area contributed by atoms with Crippen molar-refractivity contribution < 1.29 is 0 Å². The molecule has 0 amide bonds. The van der Waals surface area contributed by atoms with E-state index in [0.717, 1.165) is 17.8 Å². The smallest absolute Gasteiger partial charge is 0.0998 e. The SMILES string of the molecule is CCCCc1nc(-c2ccccn2)cs1. The summed E-state index contributed by atoms with van der Waals surface area (Å²) < 4.78 is 0. The molecule has 2 nitrogen and oxygen atoms in total. The molecule has 0 unspecified atom stereocenters. The lowest BCUT2D eigenvalue weighted by atomic mass is 10.2. The Morgan fingerprint density at radius 3 is 2.93 bits per heavy atom. The number of thiazole rings is 1. The quantitative estimate of drug-likeness (QED) is 0.784. The predicted octanol–water partition coefficient (Wildman–Crippen LogP) is 3.55. The maximum atomic E-state index is 4.57. The zero-order valence-electron chi connectivity index (χ0n) is 8.81. The van der Waals surface area contributed by atoms with E-state index in [2.05, 4.69) is 22.3 Å². The molecule has 0 saturated carbocycles. The van der Waals surface area contributed by atoms with Gasteiger partial charge >= 0.3 is 0 Å². The Morgan fingerprint density at radius 2 is 2.20 bits per heavy atom. The van der Waals surface area contributed by atoms with Crippen LogP contribution in [0.4, 0.5) is 0 Å². The molecular weight excluding hydrogens is 204 g/mol. The number of hydrogen-bond donors (Lipinski definition) is 0. The fraction of sp³-hybridized carbons (Fsp3) is 0.333. The Hall–Kier alpha value is -1.22. The molecule has 0 aliphatic heterocycles. The molecule has 78 valence electrons. The minimum absolute atomic E-state index is 0.969. The van der Waals surface area contributed by atoms with Gasteiger partial charge in [-0.05, 0) is 25.0 Å². The third-order valence-corrected chi connectivity index (χ3v) is 3.13. The summed E-state index contributed by atoms with van der Waals surface area (Å²) in [5, 5.41) is 3.31. The summed E-state index contributed by atoms with van der Waals surface area (Å²) in [7, 11) is 0. The van der Waals surface area contributed by atoms with E-state index in [1.54, 1.807) is 17.5 Å². The van der Waals surface area contributed by atoms with Gasteiger partial charge in [0.05, 0.1) is 16.4 Å². The van der Waals surface area contributed by atoms with Crippen molar-refractivity contribution in [2.45, 2.75) is 26.2 Å². The summed E-state index contributed by atoms with van der Waals surface area (Å²) in [6.07, 6.45) is 5.34. The highest BCUT2D eigenvalue weighted by atomic mass is 32.1. The van der Waals surface area contributed by atoms with Gasteiger partial charge in [-0.3, -0.25) is 4.98 Å². The molecule has 0 aromatic carbocycles. The van der Waals surface area contributed by atoms with Crippen LogP contribution in [0.5, 0.6) is 0 Å². The van der Waals surface area contributed by atoms with E-state index in [1.165, 1.54) is 17.8 Å². The highest BCUT2D eigenvalue weighted by Crippen LogP contribution is 2.20. The standard InChI is InChI=1S/C12H14N2S/c1-2-3-7-12-14-11(9-15-12)10-6-4-5-8-13-10/h4-6,8-9H,2-3,7H2,1H3. The van der Waals surface area contributed by atoms with Crippen LogP contribution in [-0.4, -0.2) is 9.97 Å². The van der Waals surface area contributed by atoms with Crippen LogP contribution >= 0.6 is 11.3 Å². The molecule has 2 heterocycles. The Bertz CT molecular complexity index is 409. The van der Waals surface area contributed by atoms with E-state index in [-0.39, 0.29) is 0 Å². The van der Waals surface area contributed by atoms with E-state index < -0.39 is 0 Å². The van der Waals surface area contributed by atoms with Crippen molar-refractivity contribution in [2.75, 3.05) is 0 Å². The van der Waals surface area contributed by atoms with Gasteiger partial charge < -0.3 is 0 Å². The van der Waals surface area contributed by atoms with Gasteiger partial charge in [-0.1, -0.05) is 19.4 Å². The third-order valence-electron chi connectivity index (χ3n) is 2.22. The van der Waals surface area contributed by atoms with Gasteiger partial charge in [-0.15, -0.1) is 11.3 Å². The lowest BCUT2D eigenvalue weighted by Gasteiger charge is -1.94. The normalized spacial score (nSPS) is 10.5. The molecule has 2 rings (SSSR count). The summed E-state index contributed by atoms with van der Waals surface area (Å²) in [4.78, 5) is 8.86. The zero-order valence-corrected chi connectivity index (χ0v) is 9.63. The van der Waals surface area contributed by atoms with Crippen molar-refractivity contribution in [3.05, 3.63) is 34.8 Å². The van der Waals surface area contributed by atoms with Crippen LogP contribution in [0.25, 0.3) is 11.4 Å². The molecule has 0 bridgehead atoms. The first-order chi connectivity index (χ1) is 7.40. The molecule has 2 aromatic rings. The molecule has 0 saturated heterocycles. The molecule has 2 aromatic heterocycles. The van der Waals surface area contributed by atoms with Crippen molar-refractivity contribution >= 4 is 11.3 Å². The molecule has 0 fully saturated rings. The van der Waals surface area contributed by atoms with E-state index in [1.807, 2.05) is 18.2 Å². The Balaban J connectivity index is 2.14. The first-order valence-electron chi connectivity index (χ1n) is 5.26. The summed E-state index contributed by atoms with van der Waals surface area (Å²) in [6.45, 7) is 2.20. The highest BCUT2D eigenvalue weighted by molar-refractivity contribution is 7.09. The fourth-order valence-corrected chi connectivity index (χ4v) is 2.22. The Kier molecular flexibility index (Phi) is 3.45. The van der Waals surface area contributed by atoms with Crippen molar-refractivity contribution in [3.8, 4) is 11.4 Å². The predicted molar refractivity (Wildman–Crippen MR) is 64.0 cm³/mol. The monoisotopic (exact) mass is 218 g/mol. The van der Waals surface area contributed by atoms with Crippen LogP contribution in [0.3, 0.4) is 0 Å². The number of aromatic nitrogens is 2. The van der Waals surface area contributed by atoms with Crippen molar-refractivity contribution in [1.29, 1.82) is 0 Å². The average Bonchev–Trinajstić information content (AvgIpc) is 2.76. The van der Waals surface area contributed by atoms with Crippen LogP contribution in [-0.2, 0) is 6.42 Å². The van der Waals surface area contributed by atoms with E-state index in [4.69, 9.17) is 0 Å². The first-order valence-corrected chi connectivity index (χ1v) is 6.14. The molecule has 15 heavy (non-hydrogen) atoms. The van der Waals surface area contributed by atoms with Crippen LogP contribution in [0, 0.1) is 0 Å². The second kappa shape index (κ2) is 5.03.